The van der Waals surface area contributed by atoms with E-state index in [0.29, 0.717) is 12.3 Å². The number of rotatable bonds is 4. The van der Waals surface area contributed by atoms with E-state index in [1.54, 1.807) is 0 Å². The van der Waals surface area contributed by atoms with Crippen LogP contribution in [0.2, 0.25) is 0 Å². The van der Waals surface area contributed by atoms with Crippen LogP contribution in [0, 0.1) is 5.92 Å². The standard InChI is InChI=1S/C19H20F5N5O3S/c1-11-10-29(6-2-4-18(11,20)21)16-14(7-12(9-27-16)19(22,23)24)17(30)28-13-3-5-26-15(8-13)33(25,31)32/h3,5,7-9,11H,2,4,6,10H2,1H3,(H2,25,31,32)(H,26,28,30). The highest BCUT2D eigenvalue weighted by molar-refractivity contribution is 7.89. The van der Waals surface area contributed by atoms with E-state index in [1.165, 1.54) is 17.9 Å². The number of nitrogens with zero attached hydrogens (tertiary/aromatic N) is 3. The van der Waals surface area contributed by atoms with E-state index in [-0.39, 0.29) is 31.0 Å². The van der Waals surface area contributed by atoms with Gasteiger partial charge < -0.3 is 10.2 Å². The monoisotopic (exact) mass is 493 g/mol. The van der Waals surface area contributed by atoms with Crippen molar-refractivity contribution >= 4 is 27.4 Å². The number of pyridine rings is 2. The summed E-state index contributed by atoms with van der Waals surface area (Å²) in [5, 5.41) is 6.73. The molecule has 2 aromatic rings. The third-order valence-electron chi connectivity index (χ3n) is 5.18. The Morgan fingerprint density at radius 2 is 1.97 bits per heavy atom. The van der Waals surface area contributed by atoms with Crippen LogP contribution in [0.3, 0.4) is 0 Å². The molecule has 2 aromatic heterocycles. The molecular formula is C19H20F5N5O3S. The number of anilines is 2. The fraction of sp³-hybridized carbons (Fsp3) is 0.421. The van der Waals surface area contributed by atoms with E-state index in [4.69, 9.17) is 5.14 Å². The number of primary sulfonamides is 1. The fourth-order valence-electron chi connectivity index (χ4n) is 3.37. The zero-order valence-electron chi connectivity index (χ0n) is 17.2. The van der Waals surface area contributed by atoms with Crippen molar-refractivity contribution in [3.8, 4) is 0 Å². The summed E-state index contributed by atoms with van der Waals surface area (Å²) in [5.41, 5.74) is -1.81. The van der Waals surface area contributed by atoms with Crippen molar-refractivity contribution in [2.24, 2.45) is 11.1 Å². The molecule has 180 valence electrons. The highest BCUT2D eigenvalue weighted by Crippen LogP contribution is 2.36. The molecule has 0 aromatic carbocycles. The van der Waals surface area contributed by atoms with Gasteiger partial charge in [-0.25, -0.2) is 32.3 Å². The molecule has 1 atom stereocenters. The first kappa shape index (κ1) is 24.8. The smallest absolute Gasteiger partial charge is 0.355 e. The lowest BCUT2D eigenvalue weighted by molar-refractivity contribution is -0.137. The van der Waals surface area contributed by atoms with Crippen LogP contribution >= 0.6 is 0 Å². The van der Waals surface area contributed by atoms with E-state index >= 15 is 0 Å². The maximum Gasteiger partial charge on any atom is 0.417 e. The number of amides is 1. The normalized spacial score (nSPS) is 19.1. The number of nitrogens with two attached hydrogens (primary N) is 1. The number of hydrogen-bond acceptors (Lipinski definition) is 6. The van der Waals surface area contributed by atoms with E-state index in [9.17, 15) is 35.2 Å². The summed E-state index contributed by atoms with van der Waals surface area (Å²) in [4.78, 5) is 21.6. The van der Waals surface area contributed by atoms with Crippen molar-refractivity contribution < 1.29 is 35.2 Å². The SMILES string of the molecule is CC1CN(c2ncc(C(F)(F)F)cc2C(=O)Nc2ccnc(S(N)(=O)=O)c2)CCCC1(F)F. The number of halogens is 5. The first-order chi connectivity index (χ1) is 15.2. The molecule has 3 rings (SSSR count). The minimum Gasteiger partial charge on any atom is -0.355 e. The lowest BCUT2D eigenvalue weighted by atomic mass is 10.0. The molecule has 0 spiro atoms. The summed E-state index contributed by atoms with van der Waals surface area (Å²) in [7, 11) is -4.20. The molecule has 0 aliphatic carbocycles. The number of carbonyl (C=O) groups excluding carboxylic acids is 1. The number of alkyl halides is 5. The Labute approximate surface area is 186 Å². The molecule has 0 radical (unpaired) electrons. The Hall–Kier alpha value is -2.87. The molecule has 3 N–H and O–H groups in total. The molecule has 14 heteroatoms. The van der Waals surface area contributed by atoms with Gasteiger partial charge in [-0.05, 0) is 18.6 Å². The third kappa shape index (κ3) is 5.74. The van der Waals surface area contributed by atoms with Crippen molar-refractivity contribution in [1.29, 1.82) is 0 Å². The third-order valence-corrected chi connectivity index (χ3v) is 5.98. The first-order valence-corrected chi connectivity index (χ1v) is 11.2. The molecule has 1 saturated heterocycles. The highest BCUT2D eigenvalue weighted by Gasteiger charge is 2.40. The van der Waals surface area contributed by atoms with Gasteiger partial charge in [0, 0.05) is 49.6 Å². The quantitative estimate of drug-likeness (QED) is 0.632. The molecule has 33 heavy (non-hydrogen) atoms. The number of carbonyl (C=O) groups is 1. The molecule has 0 bridgehead atoms. The summed E-state index contributed by atoms with van der Waals surface area (Å²) in [6.07, 6.45) is -3.59. The van der Waals surface area contributed by atoms with Crippen LogP contribution in [0.5, 0.6) is 0 Å². The van der Waals surface area contributed by atoms with Crippen LogP contribution in [0.1, 0.15) is 35.7 Å². The van der Waals surface area contributed by atoms with Gasteiger partial charge in [-0.15, -0.1) is 0 Å². The largest absolute Gasteiger partial charge is 0.417 e. The van der Waals surface area contributed by atoms with Gasteiger partial charge in [0.05, 0.1) is 11.1 Å². The van der Waals surface area contributed by atoms with Gasteiger partial charge in [-0.1, -0.05) is 6.92 Å². The summed E-state index contributed by atoms with van der Waals surface area (Å²) < 4.78 is 91.0. The lowest BCUT2D eigenvalue weighted by Crippen LogP contribution is -2.35. The predicted octanol–water partition coefficient (Wildman–Crippen LogP) is 3.27. The summed E-state index contributed by atoms with van der Waals surface area (Å²) in [6, 6.07) is 2.72. The summed E-state index contributed by atoms with van der Waals surface area (Å²) in [5.74, 6) is -5.33. The average Bonchev–Trinajstić information content (AvgIpc) is 2.84. The number of nitrogens with one attached hydrogen (secondary N) is 1. The lowest BCUT2D eigenvalue weighted by Gasteiger charge is -2.28. The van der Waals surface area contributed by atoms with Crippen LogP contribution in [-0.4, -0.2) is 43.3 Å². The maximum absolute atomic E-state index is 14.1. The minimum atomic E-state index is -4.81. The van der Waals surface area contributed by atoms with Crippen molar-refractivity contribution in [3.63, 3.8) is 0 Å². The number of sulfonamides is 1. The van der Waals surface area contributed by atoms with Crippen LogP contribution in [0.4, 0.5) is 33.5 Å². The second-order valence-corrected chi connectivity index (χ2v) is 9.19. The molecule has 1 aliphatic rings. The summed E-state index contributed by atoms with van der Waals surface area (Å²) >= 11 is 0. The molecule has 8 nitrogen and oxygen atoms in total. The Kier molecular flexibility index (Phi) is 6.62. The predicted molar refractivity (Wildman–Crippen MR) is 108 cm³/mol. The zero-order valence-corrected chi connectivity index (χ0v) is 18.1. The molecule has 1 aliphatic heterocycles. The Balaban J connectivity index is 2.01. The second kappa shape index (κ2) is 8.82. The van der Waals surface area contributed by atoms with Gasteiger partial charge in [-0.2, -0.15) is 13.2 Å². The molecule has 1 amide bonds. The summed E-state index contributed by atoms with van der Waals surface area (Å²) in [6.45, 7) is 1.15. The highest BCUT2D eigenvalue weighted by atomic mass is 32.2. The molecule has 1 unspecified atom stereocenters. The van der Waals surface area contributed by atoms with Gasteiger partial charge in [-0.3, -0.25) is 4.79 Å². The average molecular weight is 493 g/mol. The molecule has 3 heterocycles. The van der Waals surface area contributed by atoms with Crippen molar-refractivity contribution in [2.75, 3.05) is 23.3 Å². The number of hydrogen-bond donors (Lipinski definition) is 2. The van der Waals surface area contributed by atoms with Crippen molar-refractivity contribution in [1.82, 2.24) is 9.97 Å². The first-order valence-electron chi connectivity index (χ1n) is 9.69. The van der Waals surface area contributed by atoms with Crippen LogP contribution < -0.4 is 15.4 Å². The van der Waals surface area contributed by atoms with Gasteiger partial charge in [0.25, 0.3) is 21.9 Å². The van der Waals surface area contributed by atoms with Crippen molar-refractivity contribution in [2.45, 2.75) is 36.9 Å². The topological polar surface area (TPSA) is 118 Å². The number of aromatic nitrogens is 2. The van der Waals surface area contributed by atoms with Gasteiger partial charge in [0.15, 0.2) is 5.03 Å². The zero-order chi connectivity index (χ0) is 24.6. The van der Waals surface area contributed by atoms with Crippen LogP contribution in [-0.2, 0) is 16.2 Å². The van der Waals surface area contributed by atoms with Crippen LogP contribution in [0.25, 0.3) is 0 Å². The Morgan fingerprint density at radius 3 is 2.61 bits per heavy atom. The Bertz CT molecular complexity index is 1160. The van der Waals surface area contributed by atoms with E-state index in [1.807, 2.05) is 0 Å². The Morgan fingerprint density at radius 1 is 1.27 bits per heavy atom. The van der Waals surface area contributed by atoms with Gasteiger partial charge >= 0.3 is 6.18 Å². The minimum absolute atomic E-state index is 0.0448. The fourth-order valence-corrected chi connectivity index (χ4v) is 3.87. The molecular weight excluding hydrogens is 473 g/mol. The molecule has 0 saturated carbocycles. The van der Waals surface area contributed by atoms with E-state index in [2.05, 4.69) is 15.3 Å². The van der Waals surface area contributed by atoms with Gasteiger partial charge in [0.1, 0.15) is 5.82 Å². The van der Waals surface area contributed by atoms with Crippen molar-refractivity contribution in [3.05, 3.63) is 41.7 Å². The van der Waals surface area contributed by atoms with E-state index < -0.39 is 56.5 Å². The van der Waals surface area contributed by atoms with Crippen LogP contribution in [0.15, 0.2) is 35.6 Å². The molecule has 1 fully saturated rings. The van der Waals surface area contributed by atoms with Gasteiger partial charge in [0.2, 0.25) is 0 Å². The maximum atomic E-state index is 14.1. The second-order valence-electron chi connectivity index (χ2n) is 7.69. The van der Waals surface area contributed by atoms with E-state index in [0.717, 1.165) is 12.3 Å².